The molecule has 1 N–H and O–H groups in total. The second-order valence-electron chi connectivity index (χ2n) is 4.93. The number of benzene rings is 1. The van der Waals surface area contributed by atoms with E-state index in [1.54, 1.807) is 0 Å². The summed E-state index contributed by atoms with van der Waals surface area (Å²) in [5.41, 5.74) is 0.849. The Morgan fingerprint density at radius 2 is 2.43 bits per heavy atom. The van der Waals surface area contributed by atoms with Crippen LogP contribution in [-0.2, 0) is 4.74 Å². The van der Waals surface area contributed by atoms with Crippen LogP contribution in [0.1, 0.15) is 19.3 Å². The van der Waals surface area contributed by atoms with Gasteiger partial charge < -0.3 is 15.0 Å². The van der Waals surface area contributed by atoms with Crippen molar-refractivity contribution in [1.82, 2.24) is 4.90 Å². The molecule has 0 radical (unpaired) electrons. The lowest BCUT2D eigenvalue weighted by molar-refractivity contribution is 0.0922. The molecule has 1 saturated heterocycles. The van der Waals surface area contributed by atoms with Crippen molar-refractivity contribution in [3.05, 3.63) is 29.3 Å². The van der Waals surface area contributed by atoms with Gasteiger partial charge in [-0.25, -0.2) is 0 Å². The maximum Gasteiger partial charge on any atom is 0.173 e. The molecule has 1 unspecified atom stereocenters. The summed E-state index contributed by atoms with van der Waals surface area (Å²) in [5, 5.41) is 13.2. The second-order valence-corrected chi connectivity index (χ2v) is 5.75. The molecule has 21 heavy (non-hydrogen) atoms. The van der Waals surface area contributed by atoms with E-state index in [1.807, 2.05) is 29.2 Å². The highest BCUT2D eigenvalue weighted by Crippen LogP contribution is 2.17. The number of anilines is 1. The number of rotatable bonds is 5. The van der Waals surface area contributed by atoms with Gasteiger partial charge in [-0.3, -0.25) is 0 Å². The molecule has 112 valence electrons. The Balaban J connectivity index is 1.97. The number of nitrogens with zero attached hydrogens (tertiary/aromatic N) is 2. The highest BCUT2D eigenvalue weighted by Gasteiger charge is 2.20. The van der Waals surface area contributed by atoms with E-state index in [4.69, 9.17) is 33.8 Å². The lowest BCUT2D eigenvalue weighted by atomic mass is 10.2. The average molecular weight is 324 g/mol. The Bertz CT molecular complexity index is 526. The largest absolute Gasteiger partial charge is 0.376 e. The quantitative estimate of drug-likeness (QED) is 0.841. The zero-order chi connectivity index (χ0) is 15.1. The summed E-state index contributed by atoms with van der Waals surface area (Å²) in [6, 6.07) is 9.57. The topological polar surface area (TPSA) is 48.3 Å². The molecule has 1 aromatic rings. The van der Waals surface area contributed by atoms with E-state index < -0.39 is 0 Å². The van der Waals surface area contributed by atoms with Crippen LogP contribution in [0.4, 0.5) is 5.69 Å². The highest BCUT2D eigenvalue weighted by atomic mass is 35.5. The van der Waals surface area contributed by atoms with Crippen LogP contribution in [-0.4, -0.2) is 35.8 Å². The molecule has 0 amide bonds. The van der Waals surface area contributed by atoms with Gasteiger partial charge in [-0.1, -0.05) is 17.7 Å². The molecule has 0 aliphatic carbocycles. The third-order valence-corrected chi connectivity index (χ3v) is 3.90. The first-order valence-corrected chi connectivity index (χ1v) is 7.77. The number of ether oxygens (including phenoxy) is 1. The maximum atomic E-state index is 8.79. The standard InChI is InChI=1S/C15H18ClN3OS/c16-12-4-1-5-13(10-12)18-15(21)19(8-3-7-17)11-14-6-2-9-20-14/h1,4-5,10,14H,2-3,6,8-9,11H2,(H,18,21). The van der Waals surface area contributed by atoms with Gasteiger partial charge in [-0.2, -0.15) is 5.26 Å². The van der Waals surface area contributed by atoms with Gasteiger partial charge in [0.1, 0.15) is 0 Å². The van der Waals surface area contributed by atoms with Crippen molar-refractivity contribution < 1.29 is 4.74 Å². The molecule has 2 rings (SSSR count). The molecule has 0 spiro atoms. The van der Waals surface area contributed by atoms with Crippen molar-refractivity contribution in [2.75, 3.05) is 25.0 Å². The summed E-state index contributed by atoms with van der Waals surface area (Å²) < 4.78 is 5.65. The van der Waals surface area contributed by atoms with Gasteiger partial charge in [0.05, 0.1) is 18.6 Å². The fraction of sp³-hybridized carbons (Fsp3) is 0.467. The fourth-order valence-corrected chi connectivity index (χ4v) is 2.74. The lowest BCUT2D eigenvalue weighted by Gasteiger charge is -2.27. The summed E-state index contributed by atoms with van der Waals surface area (Å²) in [6.07, 6.45) is 2.76. The van der Waals surface area contributed by atoms with E-state index in [1.165, 1.54) is 0 Å². The van der Waals surface area contributed by atoms with Gasteiger partial charge in [-0.15, -0.1) is 0 Å². The van der Waals surface area contributed by atoms with Gasteiger partial charge in [0.2, 0.25) is 0 Å². The van der Waals surface area contributed by atoms with Crippen molar-refractivity contribution in [1.29, 1.82) is 5.26 Å². The predicted molar refractivity (Wildman–Crippen MR) is 88.4 cm³/mol. The molecule has 6 heteroatoms. The van der Waals surface area contributed by atoms with Gasteiger partial charge >= 0.3 is 0 Å². The van der Waals surface area contributed by atoms with Gasteiger partial charge in [0, 0.05) is 30.4 Å². The first-order chi connectivity index (χ1) is 10.2. The lowest BCUT2D eigenvalue weighted by Crippen LogP contribution is -2.40. The van der Waals surface area contributed by atoms with Crippen LogP contribution < -0.4 is 5.32 Å². The third kappa shape index (κ3) is 5.16. The normalized spacial score (nSPS) is 17.2. The van der Waals surface area contributed by atoms with Gasteiger partial charge in [0.25, 0.3) is 0 Å². The summed E-state index contributed by atoms with van der Waals surface area (Å²) >= 11 is 11.4. The molecule has 1 fully saturated rings. The van der Waals surface area contributed by atoms with Crippen LogP contribution >= 0.6 is 23.8 Å². The Labute approximate surface area is 135 Å². The predicted octanol–water partition coefficient (Wildman–Crippen LogP) is 3.43. The molecule has 1 aliphatic rings. The van der Waals surface area contributed by atoms with Crippen molar-refractivity contribution in [2.24, 2.45) is 0 Å². The number of thiocarbonyl (C=S) groups is 1. The minimum atomic E-state index is 0.197. The summed E-state index contributed by atoms with van der Waals surface area (Å²) in [4.78, 5) is 2.00. The number of hydrogen-bond donors (Lipinski definition) is 1. The average Bonchev–Trinajstić information content (AvgIpc) is 2.96. The van der Waals surface area contributed by atoms with Crippen LogP contribution in [0.3, 0.4) is 0 Å². The highest BCUT2D eigenvalue weighted by molar-refractivity contribution is 7.80. The smallest absolute Gasteiger partial charge is 0.173 e. The minimum absolute atomic E-state index is 0.197. The van der Waals surface area contributed by atoms with E-state index in [-0.39, 0.29) is 6.10 Å². The number of hydrogen-bond acceptors (Lipinski definition) is 3. The molecule has 1 aromatic carbocycles. The van der Waals surface area contributed by atoms with Crippen LogP contribution in [0.25, 0.3) is 0 Å². The fourth-order valence-electron chi connectivity index (χ4n) is 2.26. The van der Waals surface area contributed by atoms with Crippen LogP contribution in [0, 0.1) is 11.3 Å². The first-order valence-electron chi connectivity index (χ1n) is 6.99. The van der Waals surface area contributed by atoms with E-state index in [9.17, 15) is 0 Å². The number of nitrogens with one attached hydrogen (secondary N) is 1. The number of halogens is 1. The SMILES string of the molecule is N#CCCN(CC1CCCO1)C(=S)Nc1cccc(Cl)c1. The zero-order valence-electron chi connectivity index (χ0n) is 11.7. The summed E-state index contributed by atoms with van der Waals surface area (Å²) in [7, 11) is 0. The third-order valence-electron chi connectivity index (χ3n) is 3.30. The molecular weight excluding hydrogens is 306 g/mol. The monoisotopic (exact) mass is 323 g/mol. The van der Waals surface area contributed by atoms with E-state index in [0.717, 1.165) is 25.1 Å². The molecule has 1 aliphatic heterocycles. The molecule has 0 saturated carbocycles. The van der Waals surface area contributed by atoms with E-state index >= 15 is 0 Å². The first kappa shape index (κ1) is 16.0. The molecule has 1 atom stereocenters. The Morgan fingerprint density at radius 3 is 3.10 bits per heavy atom. The molecule has 1 heterocycles. The Kier molecular flexibility index (Phi) is 6.24. The van der Waals surface area contributed by atoms with Crippen molar-refractivity contribution >= 4 is 34.6 Å². The Morgan fingerprint density at radius 1 is 1.57 bits per heavy atom. The minimum Gasteiger partial charge on any atom is -0.376 e. The molecule has 0 aromatic heterocycles. The second kappa shape index (κ2) is 8.18. The maximum absolute atomic E-state index is 8.79. The number of nitriles is 1. The van der Waals surface area contributed by atoms with Crippen LogP contribution in [0.5, 0.6) is 0 Å². The molecule has 0 bridgehead atoms. The van der Waals surface area contributed by atoms with E-state index in [0.29, 0.717) is 29.6 Å². The molecule has 4 nitrogen and oxygen atoms in total. The van der Waals surface area contributed by atoms with Crippen LogP contribution in [0.2, 0.25) is 5.02 Å². The zero-order valence-corrected chi connectivity index (χ0v) is 13.3. The van der Waals surface area contributed by atoms with Crippen molar-refractivity contribution in [3.8, 4) is 6.07 Å². The van der Waals surface area contributed by atoms with Crippen LogP contribution in [0.15, 0.2) is 24.3 Å². The molecular formula is C15H18ClN3OS. The van der Waals surface area contributed by atoms with E-state index in [2.05, 4.69) is 11.4 Å². The van der Waals surface area contributed by atoms with Gasteiger partial charge in [0.15, 0.2) is 5.11 Å². The summed E-state index contributed by atoms with van der Waals surface area (Å²) in [6.45, 7) is 2.13. The van der Waals surface area contributed by atoms with Crippen molar-refractivity contribution in [2.45, 2.75) is 25.4 Å². The Hall–Kier alpha value is -1.35. The van der Waals surface area contributed by atoms with Gasteiger partial charge in [-0.05, 0) is 43.3 Å². The van der Waals surface area contributed by atoms with Crippen molar-refractivity contribution in [3.63, 3.8) is 0 Å². The summed E-state index contributed by atoms with van der Waals surface area (Å²) in [5.74, 6) is 0.